The molecule has 0 unspecified atom stereocenters. The third-order valence-corrected chi connectivity index (χ3v) is 2.27. The van der Waals surface area contributed by atoms with Crippen LogP contribution in [-0.2, 0) is 0 Å². The number of hydrogen-bond donors (Lipinski definition) is 0. The van der Waals surface area contributed by atoms with E-state index >= 15 is 0 Å². The third-order valence-electron chi connectivity index (χ3n) is 2.27. The zero-order valence-corrected chi connectivity index (χ0v) is 9.90. The topological polar surface area (TPSA) is 38.8 Å². The van der Waals surface area contributed by atoms with Crippen LogP contribution < -0.4 is 9.47 Å². The van der Waals surface area contributed by atoms with Gasteiger partial charge in [0, 0.05) is 19.2 Å². The average Bonchev–Trinajstić information content (AvgIpc) is 2.31. The zero-order chi connectivity index (χ0) is 12.0. The quantitative estimate of drug-likeness (QED) is 0.787. The van der Waals surface area contributed by atoms with Crippen LogP contribution in [0.4, 0.5) is 4.79 Å². The number of ether oxygens (including phenoxy) is 2. The highest BCUT2D eigenvalue weighted by Crippen LogP contribution is 2.19. The van der Waals surface area contributed by atoms with E-state index in [1.165, 1.54) is 0 Å². The summed E-state index contributed by atoms with van der Waals surface area (Å²) in [7, 11) is 1.57. The third kappa shape index (κ3) is 3.15. The fourth-order valence-corrected chi connectivity index (χ4v) is 1.31. The standard InChI is InChI=1S/C12H17NO3/c1-4-13(5-2)12(14)16-11-8-6-7-10(9-11)15-3/h6-9H,4-5H2,1-3H3. The Hall–Kier alpha value is -1.71. The van der Waals surface area contributed by atoms with Crippen molar-refractivity contribution in [1.82, 2.24) is 4.90 Å². The first-order chi connectivity index (χ1) is 7.71. The fraction of sp³-hybridized carbons (Fsp3) is 0.417. The van der Waals surface area contributed by atoms with Crippen LogP contribution in [0.3, 0.4) is 0 Å². The van der Waals surface area contributed by atoms with Crippen molar-refractivity contribution in [3.8, 4) is 11.5 Å². The average molecular weight is 223 g/mol. The summed E-state index contributed by atoms with van der Waals surface area (Å²) in [6.45, 7) is 5.10. The van der Waals surface area contributed by atoms with Gasteiger partial charge in [-0.25, -0.2) is 4.79 Å². The van der Waals surface area contributed by atoms with Crippen LogP contribution in [0.2, 0.25) is 0 Å². The number of rotatable bonds is 4. The van der Waals surface area contributed by atoms with Gasteiger partial charge in [0.05, 0.1) is 7.11 Å². The van der Waals surface area contributed by atoms with E-state index in [4.69, 9.17) is 9.47 Å². The molecule has 0 fully saturated rings. The maximum Gasteiger partial charge on any atom is 0.415 e. The lowest BCUT2D eigenvalue weighted by Gasteiger charge is -2.17. The summed E-state index contributed by atoms with van der Waals surface area (Å²) in [5.74, 6) is 1.17. The van der Waals surface area contributed by atoms with Gasteiger partial charge in [-0.1, -0.05) is 6.07 Å². The van der Waals surface area contributed by atoms with Gasteiger partial charge >= 0.3 is 6.09 Å². The summed E-state index contributed by atoms with van der Waals surface area (Å²) < 4.78 is 10.3. The largest absolute Gasteiger partial charge is 0.497 e. The first-order valence-corrected chi connectivity index (χ1v) is 5.32. The molecule has 0 saturated heterocycles. The first-order valence-electron chi connectivity index (χ1n) is 5.32. The number of hydrogen-bond acceptors (Lipinski definition) is 3. The molecule has 0 saturated carbocycles. The second-order valence-electron chi connectivity index (χ2n) is 3.22. The second-order valence-corrected chi connectivity index (χ2v) is 3.22. The lowest BCUT2D eigenvalue weighted by Crippen LogP contribution is -2.33. The number of methoxy groups -OCH3 is 1. The van der Waals surface area contributed by atoms with Crippen LogP contribution in [-0.4, -0.2) is 31.2 Å². The Morgan fingerprint density at radius 1 is 1.25 bits per heavy atom. The van der Waals surface area contributed by atoms with E-state index in [1.807, 2.05) is 13.8 Å². The van der Waals surface area contributed by atoms with Crippen LogP contribution in [0.5, 0.6) is 11.5 Å². The monoisotopic (exact) mass is 223 g/mol. The number of nitrogens with zero attached hydrogens (tertiary/aromatic N) is 1. The Morgan fingerprint density at radius 3 is 2.44 bits per heavy atom. The molecule has 0 N–H and O–H groups in total. The summed E-state index contributed by atoms with van der Waals surface area (Å²) >= 11 is 0. The van der Waals surface area contributed by atoms with E-state index in [0.717, 1.165) is 0 Å². The van der Waals surface area contributed by atoms with Crippen molar-refractivity contribution in [1.29, 1.82) is 0 Å². The normalized spacial score (nSPS) is 9.69. The van der Waals surface area contributed by atoms with Gasteiger partial charge < -0.3 is 14.4 Å². The molecule has 16 heavy (non-hydrogen) atoms. The molecule has 0 heterocycles. The van der Waals surface area contributed by atoms with Crippen LogP contribution in [0, 0.1) is 0 Å². The van der Waals surface area contributed by atoms with Gasteiger partial charge in [0.2, 0.25) is 0 Å². The molecule has 0 radical (unpaired) electrons. The molecule has 0 atom stereocenters. The van der Waals surface area contributed by atoms with Gasteiger partial charge in [0.15, 0.2) is 0 Å². The Bertz CT molecular complexity index is 348. The van der Waals surface area contributed by atoms with Gasteiger partial charge in [-0.05, 0) is 26.0 Å². The van der Waals surface area contributed by atoms with Crippen molar-refractivity contribution in [3.63, 3.8) is 0 Å². The van der Waals surface area contributed by atoms with Crippen molar-refractivity contribution in [2.75, 3.05) is 20.2 Å². The lowest BCUT2D eigenvalue weighted by atomic mass is 10.3. The number of benzene rings is 1. The summed E-state index contributed by atoms with van der Waals surface area (Å²) in [6, 6.07) is 6.99. The van der Waals surface area contributed by atoms with Gasteiger partial charge in [-0.2, -0.15) is 0 Å². The molecule has 1 rings (SSSR count). The van der Waals surface area contributed by atoms with E-state index in [0.29, 0.717) is 24.6 Å². The van der Waals surface area contributed by atoms with Crippen LogP contribution in [0.15, 0.2) is 24.3 Å². The Labute approximate surface area is 95.8 Å². The van der Waals surface area contributed by atoms with Gasteiger partial charge in [0.25, 0.3) is 0 Å². The molecule has 0 aliphatic carbocycles. The zero-order valence-electron chi connectivity index (χ0n) is 9.90. The first kappa shape index (κ1) is 12.4. The Kier molecular flexibility index (Phi) is 4.64. The van der Waals surface area contributed by atoms with Crippen LogP contribution >= 0.6 is 0 Å². The molecule has 0 spiro atoms. The van der Waals surface area contributed by atoms with Crippen LogP contribution in [0.1, 0.15) is 13.8 Å². The molecule has 0 aliphatic heterocycles. The molecule has 1 aromatic carbocycles. The van der Waals surface area contributed by atoms with Crippen molar-refractivity contribution in [3.05, 3.63) is 24.3 Å². The minimum atomic E-state index is -0.335. The second kappa shape index (κ2) is 6.00. The van der Waals surface area contributed by atoms with Crippen molar-refractivity contribution in [2.24, 2.45) is 0 Å². The predicted octanol–water partition coefficient (Wildman–Crippen LogP) is 2.54. The molecule has 88 valence electrons. The minimum Gasteiger partial charge on any atom is -0.497 e. The smallest absolute Gasteiger partial charge is 0.415 e. The molecule has 1 amide bonds. The summed E-state index contributed by atoms with van der Waals surface area (Å²) in [4.78, 5) is 13.2. The van der Waals surface area contributed by atoms with Gasteiger partial charge in [0.1, 0.15) is 11.5 Å². The Morgan fingerprint density at radius 2 is 1.88 bits per heavy atom. The molecular weight excluding hydrogens is 206 g/mol. The summed E-state index contributed by atoms with van der Waals surface area (Å²) in [5.41, 5.74) is 0. The summed E-state index contributed by atoms with van der Waals surface area (Å²) in [6.07, 6.45) is -0.335. The van der Waals surface area contributed by atoms with Crippen molar-refractivity contribution >= 4 is 6.09 Å². The highest BCUT2D eigenvalue weighted by atomic mass is 16.6. The van der Waals surface area contributed by atoms with E-state index in [2.05, 4.69) is 0 Å². The summed E-state index contributed by atoms with van der Waals surface area (Å²) in [5, 5.41) is 0. The molecule has 4 nitrogen and oxygen atoms in total. The maximum absolute atomic E-state index is 11.6. The van der Waals surface area contributed by atoms with Gasteiger partial charge in [-0.3, -0.25) is 0 Å². The van der Waals surface area contributed by atoms with E-state index in [1.54, 1.807) is 36.3 Å². The van der Waals surface area contributed by atoms with E-state index < -0.39 is 0 Å². The minimum absolute atomic E-state index is 0.335. The number of carbonyl (C=O) groups is 1. The van der Waals surface area contributed by atoms with Crippen molar-refractivity contribution < 1.29 is 14.3 Å². The molecular formula is C12H17NO3. The van der Waals surface area contributed by atoms with E-state index in [-0.39, 0.29) is 6.09 Å². The number of amides is 1. The highest BCUT2D eigenvalue weighted by molar-refractivity contribution is 5.70. The van der Waals surface area contributed by atoms with E-state index in [9.17, 15) is 4.79 Å². The maximum atomic E-state index is 11.6. The van der Waals surface area contributed by atoms with Crippen molar-refractivity contribution in [2.45, 2.75) is 13.8 Å². The molecule has 0 aromatic heterocycles. The Balaban J connectivity index is 2.68. The van der Waals surface area contributed by atoms with Crippen LogP contribution in [0.25, 0.3) is 0 Å². The predicted molar refractivity (Wildman–Crippen MR) is 61.9 cm³/mol. The lowest BCUT2D eigenvalue weighted by molar-refractivity contribution is 0.157. The molecule has 0 bridgehead atoms. The SMILES string of the molecule is CCN(CC)C(=O)Oc1cccc(OC)c1. The molecule has 1 aromatic rings. The molecule has 0 aliphatic rings. The number of carbonyl (C=O) groups excluding carboxylic acids is 1. The highest BCUT2D eigenvalue weighted by Gasteiger charge is 2.11. The molecule has 4 heteroatoms. The van der Waals surface area contributed by atoms with Gasteiger partial charge in [-0.15, -0.1) is 0 Å². The fourth-order valence-electron chi connectivity index (χ4n) is 1.31.